The summed E-state index contributed by atoms with van der Waals surface area (Å²) < 4.78 is 0. The van der Waals surface area contributed by atoms with E-state index in [9.17, 15) is 4.79 Å². The van der Waals surface area contributed by atoms with Crippen LogP contribution in [0.3, 0.4) is 0 Å². The summed E-state index contributed by atoms with van der Waals surface area (Å²) in [5.41, 5.74) is 0. The molecule has 1 rings (SSSR count). The molecule has 1 aliphatic rings. The molecule has 0 saturated heterocycles. The predicted molar refractivity (Wildman–Crippen MR) is 68.7 cm³/mol. The summed E-state index contributed by atoms with van der Waals surface area (Å²) >= 11 is 6.16. The van der Waals surface area contributed by atoms with Crippen LogP contribution in [0, 0.1) is 5.92 Å². The second kappa shape index (κ2) is 7.16. The zero-order chi connectivity index (χ0) is 12.0. The van der Waals surface area contributed by atoms with E-state index in [0.29, 0.717) is 0 Å². The van der Waals surface area contributed by atoms with Crippen LogP contribution in [0.25, 0.3) is 0 Å². The quantitative estimate of drug-likeness (QED) is 0.714. The maximum Gasteiger partial charge on any atom is 0.223 e. The summed E-state index contributed by atoms with van der Waals surface area (Å²) in [6.07, 6.45) is 7.48. The minimum Gasteiger partial charge on any atom is -0.352 e. The van der Waals surface area contributed by atoms with E-state index in [4.69, 9.17) is 11.6 Å². The van der Waals surface area contributed by atoms with Gasteiger partial charge in [0.1, 0.15) is 0 Å². The van der Waals surface area contributed by atoms with E-state index in [1.54, 1.807) is 0 Å². The number of hydrogen-bond acceptors (Lipinski definition) is 1. The third kappa shape index (κ3) is 3.97. The van der Waals surface area contributed by atoms with Crippen molar-refractivity contribution < 1.29 is 4.79 Å². The Labute approximate surface area is 104 Å². The Bertz CT molecular complexity index is 220. The van der Waals surface area contributed by atoms with Crippen molar-refractivity contribution in [2.24, 2.45) is 5.92 Å². The van der Waals surface area contributed by atoms with Crippen molar-refractivity contribution >= 4 is 17.5 Å². The average Bonchev–Trinajstić information content (AvgIpc) is 2.65. The molecule has 0 aromatic rings. The van der Waals surface area contributed by atoms with Gasteiger partial charge < -0.3 is 5.32 Å². The van der Waals surface area contributed by atoms with Gasteiger partial charge in [-0.2, -0.15) is 0 Å². The molecule has 1 amide bonds. The van der Waals surface area contributed by atoms with E-state index in [1.165, 1.54) is 0 Å². The van der Waals surface area contributed by atoms with E-state index in [1.807, 2.05) is 0 Å². The number of nitrogens with one attached hydrogen (secondary N) is 1. The van der Waals surface area contributed by atoms with Crippen LogP contribution < -0.4 is 5.32 Å². The van der Waals surface area contributed by atoms with Gasteiger partial charge in [-0.05, 0) is 32.1 Å². The van der Waals surface area contributed by atoms with Crippen molar-refractivity contribution in [3.05, 3.63) is 0 Å². The molecule has 94 valence electrons. The lowest BCUT2D eigenvalue weighted by Crippen LogP contribution is -2.41. The van der Waals surface area contributed by atoms with Crippen LogP contribution in [0.2, 0.25) is 0 Å². The summed E-state index contributed by atoms with van der Waals surface area (Å²) in [6.45, 7) is 4.25. The fourth-order valence-corrected chi connectivity index (χ4v) is 2.69. The molecule has 16 heavy (non-hydrogen) atoms. The van der Waals surface area contributed by atoms with Crippen LogP contribution in [-0.2, 0) is 4.79 Å². The highest BCUT2D eigenvalue weighted by molar-refractivity contribution is 6.21. The number of carbonyl (C=O) groups is 1. The first-order valence-electron chi connectivity index (χ1n) is 6.63. The summed E-state index contributed by atoms with van der Waals surface area (Å²) in [5, 5.41) is 3.26. The molecule has 0 aromatic carbocycles. The number of unbranched alkanes of at least 4 members (excludes halogenated alkanes) is 1. The van der Waals surface area contributed by atoms with Gasteiger partial charge in [0.15, 0.2) is 0 Å². The van der Waals surface area contributed by atoms with E-state index >= 15 is 0 Å². The number of alkyl halides is 1. The molecule has 2 nitrogen and oxygen atoms in total. The molecule has 0 aromatic heterocycles. The van der Waals surface area contributed by atoms with E-state index in [0.717, 1.165) is 44.9 Å². The molecule has 1 aliphatic carbocycles. The first-order valence-corrected chi connectivity index (χ1v) is 7.07. The standard InChI is InChI=1S/C13H24ClNO/c1-3-5-7-10(4-2)13(16)15-12-9-6-8-11(12)14/h10-12H,3-9H2,1-2H3,(H,15,16). The number of amides is 1. The SMILES string of the molecule is CCCCC(CC)C(=O)NC1CCCC1Cl. The molecule has 3 unspecified atom stereocenters. The molecule has 3 atom stereocenters. The topological polar surface area (TPSA) is 29.1 Å². The average molecular weight is 246 g/mol. The van der Waals surface area contributed by atoms with Gasteiger partial charge in [-0.15, -0.1) is 11.6 Å². The normalized spacial score (nSPS) is 26.7. The predicted octanol–water partition coefficient (Wildman–Crippen LogP) is 3.48. The minimum atomic E-state index is 0.146. The van der Waals surface area contributed by atoms with Gasteiger partial charge in [0.25, 0.3) is 0 Å². The van der Waals surface area contributed by atoms with Crippen LogP contribution >= 0.6 is 11.6 Å². The highest BCUT2D eigenvalue weighted by atomic mass is 35.5. The van der Waals surface area contributed by atoms with E-state index < -0.39 is 0 Å². The summed E-state index contributed by atoms with van der Waals surface area (Å²) in [5.74, 6) is 0.401. The zero-order valence-electron chi connectivity index (χ0n) is 10.5. The van der Waals surface area contributed by atoms with Gasteiger partial charge in [0.05, 0.1) is 5.38 Å². The third-order valence-corrected chi connectivity index (χ3v) is 4.05. The fraction of sp³-hybridized carbons (Fsp3) is 0.923. The summed E-state index contributed by atoms with van der Waals surface area (Å²) in [4.78, 5) is 12.0. The van der Waals surface area contributed by atoms with Crippen molar-refractivity contribution in [3.8, 4) is 0 Å². The van der Waals surface area contributed by atoms with E-state index in [2.05, 4.69) is 19.2 Å². The van der Waals surface area contributed by atoms with Crippen molar-refractivity contribution in [2.45, 2.75) is 70.2 Å². The third-order valence-electron chi connectivity index (χ3n) is 3.53. The Balaban J connectivity index is 2.36. The van der Waals surface area contributed by atoms with Crippen LogP contribution in [-0.4, -0.2) is 17.3 Å². The number of carbonyl (C=O) groups excluding carboxylic acids is 1. The highest BCUT2D eigenvalue weighted by Crippen LogP contribution is 2.24. The summed E-state index contributed by atoms with van der Waals surface area (Å²) in [6, 6.07) is 0.213. The van der Waals surface area contributed by atoms with Crippen molar-refractivity contribution in [3.63, 3.8) is 0 Å². The van der Waals surface area contributed by atoms with Gasteiger partial charge in [0, 0.05) is 12.0 Å². The molecular formula is C13H24ClNO. The minimum absolute atomic E-state index is 0.146. The van der Waals surface area contributed by atoms with Crippen molar-refractivity contribution in [2.75, 3.05) is 0 Å². The van der Waals surface area contributed by atoms with Gasteiger partial charge in [-0.1, -0.05) is 26.7 Å². The zero-order valence-corrected chi connectivity index (χ0v) is 11.2. The molecule has 0 spiro atoms. The number of rotatable bonds is 6. The Morgan fingerprint density at radius 1 is 1.44 bits per heavy atom. The number of hydrogen-bond donors (Lipinski definition) is 1. The lowest BCUT2D eigenvalue weighted by Gasteiger charge is -2.20. The second-order valence-electron chi connectivity index (χ2n) is 4.81. The molecule has 0 heterocycles. The Morgan fingerprint density at radius 2 is 2.19 bits per heavy atom. The second-order valence-corrected chi connectivity index (χ2v) is 5.37. The Hall–Kier alpha value is -0.240. The molecule has 3 heteroatoms. The maximum absolute atomic E-state index is 12.0. The van der Waals surface area contributed by atoms with Crippen LogP contribution in [0.1, 0.15) is 58.8 Å². The lowest BCUT2D eigenvalue weighted by molar-refractivity contribution is -0.126. The summed E-state index contributed by atoms with van der Waals surface area (Å²) in [7, 11) is 0. The fourth-order valence-electron chi connectivity index (χ4n) is 2.35. The largest absolute Gasteiger partial charge is 0.352 e. The Morgan fingerprint density at radius 3 is 2.69 bits per heavy atom. The van der Waals surface area contributed by atoms with Gasteiger partial charge in [-0.3, -0.25) is 4.79 Å². The molecule has 0 bridgehead atoms. The molecule has 0 radical (unpaired) electrons. The van der Waals surface area contributed by atoms with Gasteiger partial charge in [0.2, 0.25) is 5.91 Å². The van der Waals surface area contributed by atoms with Crippen LogP contribution in [0.4, 0.5) is 0 Å². The molecule has 1 fully saturated rings. The van der Waals surface area contributed by atoms with Crippen LogP contribution in [0.5, 0.6) is 0 Å². The maximum atomic E-state index is 12.0. The highest BCUT2D eigenvalue weighted by Gasteiger charge is 2.28. The molecular weight excluding hydrogens is 222 g/mol. The first-order chi connectivity index (χ1) is 7.69. The van der Waals surface area contributed by atoms with Gasteiger partial charge >= 0.3 is 0 Å². The monoisotopic (exact) mass is 245 g/mol. The van der Waals surface area contributed by atoms with Crippen molar-refractivity contribution in [1.82, 2.24) is 5.32 Å². The van der Waals surface area contributed by atoms with Crippen molar-refractivity contribution in [1.29, 1.82) is 0 Å². The Kier molecular flexibility index (Phi) is 6.18. The smallest absolute Gasteiger partial charge is 0.223 e. The first kappa shape index (κ1) is 13.8. The molecule has 0 aliphatic heterocycles. The van der Waals surface area contributed by atoms with E-state index in [-0.39, 0.29) is 23.2 Å². The van der Waals surface area contributed by atoms with Gasteiger partial charge in [-0.25, -0.2) is 0 Å². The molecule has 1 saturated carbocycles. The molecule has 1 N–H and O–H groups in total. The lowest BCUT2D eigenvalue weighted by atomic mass is 9.98. The number of halogens is 1. The van der Waals surface area contributed by atoms with Crippen LogP contribution in [0.15, 0.2) is 0 Å².